The molecule has 1 rings (SSSR count). The first-order chi connectivity index (χ1) is 6.38. The van der Waals surface area contributed by atoms with Gasteiger partial charge in [-0.15, -0.1) is 0 Å². The van der Waals surface area contributed by atoms with Crippen LogP contribution < -0.4 is 4.74 Å². The summed E-state index contributed by atoms with van der Waals surface area (Å²) in [5, 5.41) is 10.1. The van der Waals surface area contributed by atoms with Crippen molar-refractivity contribution in [2.45, 2.75) is 19.4 Å². The Morgan fingerprint density at radius 3 is 2.64 bits per heavy atom. The fraction of sp³-hybridized carbons (Fsp3) is 0.400. The first-order valence-corrected chi connectivity index (χ1v) is 5.36. The van der Waals surface area contributed by atoms with Crippen molar-refractivity contribution in [1.29, 1.82) is 0 Å². The van der Waals surface area contributed by atoms with Crippen molar-refractivity contribution in [1.82, 2.24) is 0 Å². The summed E-state index contributed by atoms with van der Waals surface area (Å²) in [6, 6.07) is 5.26. The van der Waals surface area contributed by atoms with Gasteiger partial charge in [0.25, 0.3) is 0 Å². The Hall–Kier alpha value is -0.250. The Kier molecular flexibility index (Phi) is 3.81. The summed E-state index contributed by atoms with van der Waals surface area (Å²) in [7, 11) is 0. The maximum Gasteiger partial charge on any atom is 0.133 e. The zero-order valence-electron chi connectivity index (χ0n) is 8.05. The molecule has 0 aliphatic carbocycles. The zero-order chi connectivity index (χ0) is 10.8. The molecular weight excluding hydrogens is 267 g/mol. The Labute approximate surface area is 97.0 Å². The van der Waals surface area contributed by atoms with Crippen LogP contribution in [0.5, 0.6) is 5.75 Å². The third-order valence-electron chi connectivity index (χ3n) is 1.47. The molecule has 1 aromatic rings. The molecule has 0 amide bonds. The topological polar surface area (TPSA) is 29.5 Å². The van der Waals surface area contributed by atoms with E-state index in [-0.39, 0.29) is 6.61 Å². The predicted octanol–water partition coefficient (Wildman–Crippen LogP) is 3.25. The normalized spacial score (nSPS) is 11.5. The van der Waals surface area contributed by atoms with Gasteiger partial charge >= 0.3 is 0 Å². The second-order valence-corrected chi connectivity index (χ2v) is 4.97. The lowest BCUT2D eigenvalue weighted by Gasteiger charge is -2.18. The van der Waals surface area contributed by atoms with Crippen LogP contribution >= 0.6 is 27.5 Å². The molecule has 0 saturated carbocycles. The van der Waals surface area contributed by atoms with Crippen LogP contribution in [0.2, 0.25) is 5.02 Å². The summed E-state index contributed by atoms with van der Waals surface area (Å²) in [6.45, 7) is 3.63. The number of ether oxygens (including phenoxy) is 1. The van der Waals surface area contributed by atoms with Crippen molar-refractivity contribution in [3.63, 3.8) is 0 Å². The summed E-state index contributed by atoms with van der Waals surface area (Å²) in [6.07, 6.45) is 0. The van der Waals surface area contributed by atoms with Crippen LogP contribution in [0.1, 0.15) is 13.8 Å². The van der Waals surface area contributed by atoms with Crippen molar-refractivity contribution < 1.29 is 9.84 Å². The highest BCUT2D eigenvalue weighted by Gasteiger charge is 2.14. The first kappa shape index (κ1) is 11.8. The van der Waals surface area contributed by atoms with E-state index in [2.05, 4.69) is 15.9 Å². The molecule has 1 N–H and O–H groups in total. The number of halogens is 2. The molecule has 14 heavy (non-hydrogen) atoms. The number of hydrogen-bond acceptors (Lipinski definition) is 2. The van der Waals surface area contributed by atoms with Crippen LogP contribution in [0.25, 0.3) is 0 Å². The molecule has 0 heterocycles. The summed E-state index contributed by atoms with van der Waals surface area (Å²) in [4.78, 5) is 0. The quantitative estimate of drug-likeness (QED) is 0.920. The van der Waals surface area contributed by atoms with E-state index >= 15 is 0 Å². The van der Waals surface area contributed by atoms with Crippen molar-refractivity contribution in [3.8, 4) is 5.75 Å². The molecule has 78 valence electrons. The molecule has 2 nitrogen and oxygen atoms in total. The molecule has 0 bridgehead atoms. The van der Waals surface area contributed by atoms with Gasteiger partial charge in [-0.3, -0.25) is 0 Å². The second kappa shape index (κ2) is 4.51. The monoisotopic (exact) mass is 278 g/mol. The standard InChI is InChI=1S/C10H12BrClO2/c1-10(2,13)6-14-9-4-3-7(12)5-8(9)11/h3-5,13H,6H2,1-2H3. The van der Waals surface area contributed by atoms with E-state index < -0.39 is 5.60 Å². The van der Waals surface area contributed by atoms with Crippen LogP contribution in [0.4, 0.5) is 0 Å². The van der Waals surface area contributed by atoms with E-state index in [0.717, 1.165) is 4.47 Å². The largest absolute Gasteiger partial charge is 0.489 e. The molecule has 0 atom stereocenters. The van der Waals surface area contributed by atoms with E-state index in [4.69, 9.17) is 16.3 Å². The molecule has 0 spiro atoms. The molecule has 0 aliphatic heterocycles. The molecule has 0 saturated heterocycles. The summed E-state index contributed by atoms with van der Waals surface area (Å²) in [5.74, 6) is 0.677. The zero-order valence-corrected chi connectivity index (χ0v) is 10.4. The molecule has 0 fully saturated rings. The number of benzene rings is 1. The Bertz CT molecular complexity index is 320. The Morgan fingerprint density at radius 1 is 1.50 bits per heavy atom. The van der Waals surface area contributed by atoms with Gasteiger partial charge in [-0.1, -0.05) is 11.6 Å². The van der Waals surface area contributed by atoms with Crippen LogP contribution in [0.15, 0.2) is 22.7 Å². The summed E-state index contributed by atoms with van der Waals surface area (Å²) >= 11 is 9.10. The first-order valence-electron chi connectivity index (χ1n) is 4.19. The SMILES string of the molecule is CC(C)(O)COc1ccc(Cl)cc1Br. The van der Waals surface area contributed by atoms with E-state index in [0.29, 0.717) is 10.8 Å². The third-order valence-corrected chi connectivity index (χ3v) is 2.33. The number of hydrogen-bond donors (Lipinski definition) is 1. The third kappa shape index (κ3) is 3.86. The molecule has 0 unspecified atom stereocenters. The highest BCUT2D eigenvalue weighted by atomic mass is 79.9. The van der Waals surface area contributed by atoms with E-state index in [1.807, 2.05) is 0 Å². The van der Waals surface area contributed by atoms with Crippen molar-refractivity contribution in [2.24, 2.45) is 0 Å². The minimum atomic E-state index is -0.834. The fourth-order valence-corrected chi connectivity index (χ4v) is 1.64. The highest BCUT2D eigenvalue weighted by Crippen LogP contribution is 2.28. The molecule has 0 aromatic heterocycles. The number of rotatable bonds is 3. The van der Waals surface area contributed by atoms with Crippen LogP contribution in [0.3, 0.4) is 0 Å². The van der Waals surface area contributed by atoms with E-state index in [1.54, 1.807) is 32.0 Å². The number of aliphatic hydroxyl groups is 1. The molecular formula is C10H12BrClO2. The van der Waals surface area contributed by atoms with Crippen LogP contribution in [-0.4, -0.2) is 17.3 Å². The predicted molar refractivity (Wildman–Crippen MR) is 60.9 cm³/mol. The van der Waals surface area contributed by atoms with Crippen LogP contribution in [0, 0.1) is 0 Å². The smallest absolute Gasteiger partial charge is 0.133 e. The Balaban J connectivity index is 2.68. The average Bonchev–Trinajstić information content (AvgIpc) is 2.00. The van der Waals surface area contributed by atoms with Gasteiger partial charge in [-0.25, -0.2) is 0 Å². The Morgan fingerprint density at radius 2 is 2.14 bits per heavy atom. The van der Waals surface area contributed by atoms with Crippen molar-refractivity contribution in [3.05, 3.63) is 27.7 Å². The lowest BCUT2D eigenvalue weighted by atomic mass is 10.2. The van der Waals surface area contributed by atoms with Gasteiger partial charge in [-0.2, -0.15) is 0 Å². The van der Waals surface area contributed by atoms with Gasteiger partial charge in [0.05, 0.1) is 10.1 Å². The van der Waals surface area contributed by atoms with Gasteiger partial charge < -0.3 is 9.84 Å². The maximum atomic E-state index is 9.46. The summed E-state index contributed by atoms with van der Waals surface area (Å²) in [5.41, 5.74) is -0.834. The van der Waals surface area contributed by atoms with Crippen molar-refractivity contribution >= 4 is 27.5 Å². The fourth-order valence-electron chi connectivity index (χ4n) is 0.847. The van der Waals surface area contributed by atoms with Crippen molar-refractivity contribution in [2.75, 3.05) is 6.61 Å². The van der Waals surface area contributed by atoms with Gasteiger partial charge in [-0.05, 0) is 48.0 Å². The minimum absolute atomic E-state index is 0.243. The van der Waals surface area contributed by atoms with Crippen LogP contribution in [-0.2, 0) is 0 Å². The lowest BCUT2D eigenvalue weighted by Crippen LogP contribution is -2.27. The van der Waals surface area contributed by atoms with Gasteiger partial charge in [0.2, 0.25) is 0 Å². The lowest BCUT2D eigenvalue weighted by molar-refractivity contribution is 0.0282. The molecule has 0 radical (unpaired) electrons. The van der Waals surface area contributed by atoms with Gasteiger partial charge in [0.1, 0.15) is 12.4 Å². The highest BCUT2D eigenvalue weighted by molar-refractivity contribution is 9.10. The minimum Gasteiger partial charge on any atom is -0.489 e. The maximum absolute atomic E-state index is 9.46. The van der Waals surface area contributed by atoms with Gasteiger partial charge in [0, 0.05) is 5.02 Å². The average molecular weight is 280 g/mol. The molecule has 1 aromatic carbocycles. The molecule has 0 aliphatic rings. The summed E-state index contributed by atoms with van der Waals surface area (Å²) < 4.78 is 6.19. The van der Waals surface area contributed by atoms with E-state index in [1.165, 1.54) is 0 Å². The van der Waals surface area contributed by atoms with Gasteiger partial charge in [0.15, 0.2) is 0 Å². The van der Waals surface area contributed by atoms with E-state index in [9.17, 15) is 5.11 Å². The molecule has 4 heteroatoms. The second-order valence-electron chi connectivity index (χ2n) is 3.68.